The normalized spacial score (nSPS) is 28.4. The van der Waals surface area contributed by atoms with Gasteiger partial charge in [0.15, 0.2) is 5.22 Å². The Morgan fingerprint density at radius 1 is 1.50 bits per heavy atom. The SMILES string of the molecule is O=C1NCC2(CCCN(Cc3ccc(Cl)o3)C2)O1. The maximum Gasteiger partial charge on any atom is 0.407 e. The van der Waals surface area contributed by atoms with E-state index in [9.17, 15) is 4.79 Å². The predicted octanol–water partition coefficient (Wildman–Crippen LogP) is 2.01. The van der Waals surface area contributed by atoms with Crippen LogP contribution in [-0.4, -0.2) is 36.2 Å². The molecule has 18 heavy (non-hydrogen) atoms. The summed E-state index contributed by atoms with van der Waals surface area (Å²) in [5.41, 5.74) is -0.355. The molecule has 1 aromatic heterocycles. The zero-order valence-corrected chi connectivity index (χ0v) is 10.7. The molecule has 1 spiro atoms. The molecule has 6 heteroatoms. The highest BCUT2D eigenvalue weighted by atomic mass is 35.5. The molecule has 0 bridgehead atoms. The Kier molecular flexibility index (Phi) is 2.95. The summed E-state index contributed by atoms with van der Waals surface area (Å²) in [5.74, 6) is 0.842. The van der Waals surface area contributed by atoms with Gasteiger partial charge in [0.05, 0.1) is 13.1 Å². The Bertz CT molecular complexity index is 462. The van der Waals surface area contributed by atoms with Crippen LogP contribution in [0, 0.1) is 0 Å². The van der Waals surface area contributed by atoms with Gasteiger partial charge >= 0.3 is 6.09 Å². The summed E-state index contributed by atoms with van der Waals surface area (Å²) in [5, 5.41) is 3.14. The second-order valence-electron chi connectivity index (χ2n) is 4.95. The fraction of sp³-hybridized carbons (Fsp3) is 0.583. The van der Waals surface area contributed by atoms with E-state index in [4.69, 9.17) is 20.8 Å². The van der Waals surface area contributed by atoms with Crippen LogP contribution in [0.25, 0.3) is 0 Å². The molecular weight excluding hydrogens is 256 g/mol. The molecule has 1 amide bonds. The highest BCUT2D eigenvalue weighted by Crippen LogP contribution is 2.29. The topological polar surface area (TPSA) is 54.7 Å². The van der Waals surface area contributed by atoms with E-state index in [1.807, 2.05) is 6.07 Å². The number of carbonyl (C=O) groups is 1. The van der Waals surface area contributed by atoms with Crippen molar-refractivity contribution < 1.29 is 13.9 Å². The van der Waals surface area contributed by atoms with Gasteiger partial charge in [0, 0.05) is 6.54 Å². The third kappa shape index (κ3) is 2.33. The van der Waals surface area contributed by atoms with Gasteiger partial charge in [-0.2, -0.15) is 0 Å². The van der Waals surface area contributed by atoms with Crippen molar-refractivity contribution in [3.63, 3.8) is 0 Å². The minimum Gasteiger partial charge on any atom is -0.448 e. The van der Waals surface area contributed by atoms with Crippen molar-refractivity contribution in [3.8, 4) is 0 Å². The first kappa shape index (κ1) is 11.9. The monoisotopic (exact) mass is 270 g/mol. The van der Waals surface area contributed by atoms with E-state index in [2.05, 4.69) is 10.2 Å². The van der Waals surface area contributed by atoms with Crippen molar-refractivity contribution >= 4 is 17.7 Å². The summed E-state index contributed by atoms with van der Waals surface area (Å²) in [6.07, 6.45) is 1.63. The number of nitrogens with one attached hydrogen (secondary N) is 1. The number of likely N-dealkylation sites (tertiary alicyclic amines) is 1. The molecule has 0 radical (unpaired) electrons. The summed E-state index contributed by atoms with van der Waals surface area (Å²) in [7, 11) is 0. The molecular formula is C12H15ClN2O3. The van der Waals surface area contributed by atoms with Crippen LogP contribution in [0.2, 0.25) is 5.22 Å². The molecule has 2 saturated heterocycles. The molecule has 98 valence electrons. The Morgan fingerprint density at radius 3 is 3.06 bits per heavy atom. The third-order valence-corrected chi connectivity index (χ3v) is 3.69. The van der Waals surface area contributed by atoms with Gasteiger partial charge in [-0.15, -0.1) is 0 Å². The standard InChI is InChI=1S/C12H15ClN2O3/c13-10-3-2-9(17-10)6-15-5-1-4-12(8-15)7-14-11(16)18-12/h2-3H,1,4-8H2,(H,14,16). The zero-order chi connectivity index (χ0) is 12.6. The summed E-state index contributed by atoms with van der Waals surface area (Å²) in [6.45, 7) is 3.02. The second-order valence-corrected chi connectivity index (χ2v) is 5.32. The Morgan fingerprint density at radius 2 is 2.39 bits per heavy atom. The van der Waals surface area contributed by atoms with E-state index >= 15 is 0 Å². The van der Waals surface area contributed by atoms with Crippen LogP contribution < -0.4 is 5.32 Å². The lowest BCUT2D eigenvalue weighted by molar-refractivity contribution is -0.0127. The largest absolute Gasteiger partial charge is 0.448 e. The lowest BCUT2D eigenvalue weighted by atomic mass is 9.93. The second kappa shape index (κ2) is 4.48. The quantitative estimate of drug-likeness (QED) is 0.893. The fourth-order valence-corrected chi connectivity index (χ4v) is 2.87. The first-order valence-corrected chi connectivity index (χ1v) is 6.46. The summed E-state index contributed by atoms with van der Waals surface area (Å²) in [6, 6.07) is 3.62. The highest BCUT2D eigenvalue weighted by Gasteiger charge is 2.43. The van der Waals surface area contributed by atoms with E-state index in [0.717, 1.165) is 31.7 Å². The molecule has 2 aliphatic heterocycles. The van der Waals surface area contributed by atoms with Gasteiger partial charge in [0.25, 0.3) is 0 Å². The minimum atomic E-state index is -0.355. The van der Waals surface area contributed by atoms with Crippen LogP contribution in [0.1, 0.15) is 18.6 Å². The molecule has 0 aliphatic carbocycles. The van der Waals surface area contributed by atoms with Crippen molar-refractivity contribution in [3.05, 3.63) is 23.1 Å². The van der Waals surface area contributed by atoms with E-state index in [-0.39, 0.29) is 11.7 Å². The van der Waals surface area contributed by atoms with Crippen LogP contribution in [0.4, 0.5) is 4.79 Å². The van der Waals surface area contributed by atoms with Gasteiger partial charge in [-0.05, 0) is 43.1 Å². The molecule has 1 atom stereocenters. The Labute approximate surface area is 110 Å². The molecule has 2 aliphatic rings. The van der Waals surface area contributed by atoms with Crippen molar-refractivity contribution in [2.75, 3.05) is 19.6 Å². The average Bonchev–Trinajstić information content (AvgIpc) is 2.87. The van der Waals surface area contributed by atoms with E-state index < -0.39 is 0 Å². The maximum atomic E-state index is 11.2. The number of alkyl carbamates (subject to hydrolysis) is 1. The molecule has 3 heterocycles. The zero-order valence-electron chi connectivity index (χ0n) is 9.95. The van der Waals surface area contributed by atoms with Crippen molar-refractivity contribution in [1.29, 1.82) is 0 Å². The smallest absolute Gasteiger partial charge is 0.407 e. The Hall–Kier alpha value is -1.20. The van der Waals surface area contributed by atoms with Crippen molar-refractivity contribution in [1.82, 2.24) is 10.2 Å². The van der Waals surface area contributed by atoms with Crippen LogP contribution in [0.3, 0.4) is 0 Å². The number of hydrogen-bond donors (Lipinski definition) is 1. The lowest BCUT2D eigenvalue weighted by Crippen LogP contribution is -2.49. The van der Waals surface area contributed by atoms with E-state index in [0.29, 0.717) is 18.3 Å². The summed E-state index contributed by atoms with van der Waals surface area (Å²) < 4.78 is 10.8. The van der Waals surface area contributed by atoms with Crippen molar-refractivity contribution in [2.45, 2.75) is 25.0 Å². The van der Waals surface area contributed by atoms with Crippen LogP contribution in [0.5, 0.6) is 0 Å². The maximum absolute atomic E-state index is 11.2. The number of nitrogens with zero attached hydrogens (tertiary/aromatic N) is 1. The highest BCUT2D eigenvalue weighted by molar-refractivity contribution is 6.28. The number of rotatable bonds is 2. The number of amides is 1. The first-order valence-electron chi connectivity index (χ1n) is 6.09. The first-order chi connectivity index (χ1) is 8.65. The number of ether oxygens (including phenoxy) is 1. The number of piperidine rings is 1. The van der Waals surface area contributed by atoms with E-state index in [1.54, 1.807) is 6.07 Å². The van der Waals surface area contributed by atoms with Gasteiger partial charge in [-0.25, -0.2) is 4.79 Å². The van der Waals surface area contributed by atoms with E-state index in [1.165, 1.54) is 0 Å². The van der Waals surface area contributed by atoms with Gasteiger partial charge in [-0.3, -0.25) is 4.90 Å². The van der Waals surface area contributed by atoms with Gasteiger partial charge in [0.1, 0.15) is 11.4 Å². The average molecular weight is 271 g/mol. The number of hydrogen-bond acceptors (Lipinski definition) is 4. The lowest BCUT2D eigenvalue weighted by Gasteiger charge is -2.37. The summed E-state index contributed by atoms with van der Waals surface area (Å²) in [4.78, 5) is 13.4. The molecule has 1 unspecified atom stereocenters. The van der Waals surface area contributed by atoms with Crippen molar-refractivity contribution in [2.24, 2.45) is 0 Å². The molecule has 3 rings (SSSR count). The van der Waals surface area contributed by atoms with Crippen LogP contribution in [0.15, 0.2) is 16.5 Å². The molecule has 5 nitrogen and oxygen atoms in total. The van der Waals surface area contributed by atoms with Gasteiger partial charge < -0.3 is 14.5 Å². The number of carbonyl (C=O) groups excluding carboxylic acids is 1. The Balaban J connectivity index is 1.65. The van der Waals surface area contributed by atoms with Crippen LogP contribution >= 0.6 is 11.6 Å². The summed E-state index contributed by atoms with van der Waals surface area (Å²) >= 11 is 5.75. The minimum absolute atomic E-state index is 0.308. The molecule has 0 saturated carbocycles. The van der Waals surface area contributed by atoms with Gasteiger partial charge in [-0.1, -0.05) is 0 Å². The molecule has 2 fully saturated rings. The van der Waals surface area contributed by atoms with Gasteiger partial charge in [0.2, 0.25) is 0 Å². The number of furan rings is 1. The van der Waals surface area contributed by atoms with Crippen LogP contribution in [-0.2, 0) is 11.3 Å². The molecule has 1 aromatic rings. The molecule has 1 N–H and O–H groups in total. The predicted molar refractivity (Wildman–Crippen MR) is 65.4 cm³/mol. The third-order valence-electron chi connectivity index (χ3n) is 3.49. The number of halogens is 1. The molecule has 0 aromatic carbocycles. The fourth-order valence-electron chi connectivity index (χ4n) is 2.71.